The summed E-state index contributed by atoms with van der Waals surface area (Å²) in [6, 6.07) is 5.42. The van der Waals surface area contributed by atoms with Crippen molar-refractivity contribution in [3.63, 3.8) is 0 Å². The van der Waals surface area contributed by atoms with Gasteiger partial charge in [-0.2, -0.15) is 5.10 Å². The molecule has 2 aromatic heterocycles. The Hall–Kier alpha value is -1.96. The first-order valence-electron chi connectivity index (χ1n) is 7.47. The fourth-order valence-electron chi connectivity index (χ4n) is 2.72. The predicted octanol–water partition coefficient (Wildman–Crippen LogP) is 2.73. The van der Waals surface area contributed by atoms with E-state index in [4.69, 9.17) is 27.9 Å². The van der Waals surface area contributed by atoms with Gasteiger partial charge < -0.3 is 9.30 Å². The number of benzene rings is 1. The molecule has 1 aliphatic heterocycles. The van der Waals surface area contributed by atoms with E-state index in [0.717, 1.165) is 29.6 Å². The van der Waals surface area contributed by atoms with Gasteiger partial charge in [0.15, 0.2) is 17.5 Å². The number of nitrogens with zero attached hydrogens (tertiary/aromatic N) is 6. The maximum Gasteiger partial charge on any atom is 0.159 e. The van der Waals surface area contributed by atoms with E-state index in [1.165, 1.54) is 0 Å². The molecule has 3 aromatic rings. The average Bonchev–Trinajstić information content (AvgIpc) is 3.14. The van der Waals surface area contributed by atoms with Crippen LogP contribution in [0.25, 0.3) is 11.4 Å². The molecule has 0 saturated heterocycles. The molecule has 0 aliphatic carbocycles. The van der Waals surface area contributed by atoms with Crippen molar-refractivity contribution >= 4 is 23.2 Å². The lowest BCUT2D eigenvalue weighted by atomic mass is 10.2. The zero-order chi connectivity index (χ0) is 16.7. The monoisotopic (exact) mass is 364 g/mol. The summed E-state index contributed by atoms with van der Waals surface area (Å²) in [5.74, 6) is 3.07. The van der Waals surface area contributed by atoms with Crippen molar-refractivity contribution in [2.45, 2.75) is 26.6 Å². The number of ether oxygens (including phenoxy) is 1. The summed E-state index contributed by atoms with van der Waals surface area (Å²) >= 11 is 12.1. The highest BCUT2D eigenvalue weighted by Gasteiger charge is 2.19. The van der Waals surface area contributed by atoms with Gasteiger partial charge in [-0.15, -0.1) is 10.2 Å². The van der Waals surface area contributed by atoms with Crippen molar-refractivity contribution in [1.82, 2.24) is 29.5 Å². The minimum atomic E-state index is 0.476. The lowest BCUT2D eigenvalue weighted by Crippen LogP contribution is -2.20. The first kappa shape index (κ1) is 15.6. The number of hydrogen-bond acceptors (Lipinski definition) is 5. The standard InChI is InChI=1S/C15H14Cl2N6O/c1-9-18-15(10-2-3-11(16)12(17)6-10)23(21-9)7-13-19-20-14-8-24-5-4-22(13)14/h2-3,6H,4-5,7-8H2,1H3. The van der Waals surface area contributed by atoms with Gasteiger partial charge in [0.05, 0.1) is 16.7 Å². The fraction of sp³-hybridized carbons (Fsp3) is 0.333. The second kappa shape index (κ2) is 6.16. The van der Waals surface area contributed by atoms with E-state index in [0.29, 0.717) is 35.6 Å². The normalized spacial score (nSPS) is 14.0. The molecule has 7 nitrogen and oxygen atoms in total. The van der Waals surface area contributed by atoms with Gasteiger partial charge in [-0.3, -0.25) is 0 Å². The molecule has 9 heteroatoms. The number of halogens is 2. The van der Waals surface area contributed by atoms with Crippen LogP contribution in [-0.4, -0.2) is 36.1 Å². The second-order valence-corrected chi connectivity index (χ2v) is 6.32. The number of fused-ring (bicyclic) bond motifs is 1. The quantitative estimate of drug-likeness (QED) is 0.714. The summed E-state index contributed by atoms with van der Waals surface area (Å²) in [5, 5.41) is 13.9. The first-order chi connectivity index (χ1) is 11.6. The highest BCUT2D eigenvalue weighted by molar-refractivity contribution is 6.42. The first-order valence-corrected chi connectivity index (χ1v) is 8.23. The van der Waals surface area contributed by atoms with Crippen LogP contribution < -0.4 is 0 Å². The van der Waals surface area contributed by atoms with Gasteiger partial charge >= 0.3 is 0 Å². The van der Waals surface area contributed by atoms with E-state index in [1.54, 1.807) is 12.1 Å². The predicted molar refractivity (Wildman–Crippen MR) is 89.0 cm³/mol. The second-order valence-electron chi connectivity index (χ2n) is 5.51. The van der Waals surface area contributed by atoms with Crippen LogP contribution in [0.5, 0.6) is 0 Å². The molecular formula is C15H14Cl2N6O. The van der Waals surface area contributed by atoms with Gasteiger partial charge in [0.2, 0.25) is 0 Å². The lowest BCUT2D eigenvalue weighted by molar-refractivity contribution is 0.0805. The van der Waals surface area contributed by atoms with E-state index in [2.05, 4.69) is 24.8 Å². The van der Waals surface area contributed by atoms with Crippen molar-refractivity contribution in [2.24, 2.45) is 0 Å². The molecule has 0 amide bonds. The fourth-order valence-corrected chi connectivity index (χ4v) is 3.02. The molecule has 1 aliphatic rings. The molecule has 0 unspecified atom stereocenters. The molecule has 0 radical (unpaired) electrons. The Morgan fingerprint density at radius 2 is 2.08 bits per heavy atom. The SMILES string of the molecule is Cc1nc(-c2ccc(Cl)c(Cl)c2)n(Cc2nnc3n2CCOC3)n1. The van der Waals surface area contributed by atoms with E-state index in [-0.39, 0.29) is 0 Å². The van der Waals surface area contributed by atoms with Crippen LogP contribution in [-0.2, 0) is 24.4 Å². The van der Waals surface area contributed by atoms with Crippen LogP contribution in [0, 0.1) is 6.92 Å². The third kappa shape index (κ3) is 2.79. The van der Waals surface area contributed by atoms with Crippen LogP contribution in [0.3, 0.4) is 0 Å². The van der Waals surface area contributed by atoms with Crippen LogP contribution >= 0.6 is 23.2 Å². The van der Waals surface area contributed by atoms with Crippen LogP contribution in [0.2, 0.25) is 10.0 Å². The van der Waals surface area contributed by atoms with Gasteiger partial charge in [-0.25, -0.2) is 9.67 Å². The minimum absolute atomic E-state index is 0.476. The Bertz CT molecular complexity index is 904. The summed E-state index contributed by atoms with van der Waals surface area (Å²) < 4.78 is 9.27. The zero-order valence-corrected chi connectivity index (χ0v) is 14.4. The molecule has 1 aromatic carbocycles. The van der Waals surface area contributed by atoms with Crippen molar-refractivity contribution in [2.75, 3.05) is 6.61 Å². The van der Waals surface area contributed by atoms with Crippen molar-refractivity contribution < 1.29 is 4.74 Å². The number of aryl methyl sites for hydroxylation is 1. The summed E-state index contributed by atoms with van der Waals surface area (Å²) in [7, 11) is 0. The molecule has 4 rings (SSSR count). The smallest absolute Gasteiger partial charge is 0.159 e. The van der Waals surface area contributed by atoms with Gasteiger partial charge in [0.1, 0.15) is 19.0 Å². The Morgan fingerprint density at radius 1 is 1.21 bits per heavy atom. The summed E-state index contributed by atoms with van der Waals surface area (Å²) in [5.41, 5.74) is 0.853. The average molecular weight is 365 g/mol. The number of hydrogen-bond donors (Lipinski definition) is 0. The maximum absolute atomic E-state index is 6.13. The van der Waals surface area contributed by atoms with Crippen LogP contribution in [0.1, 0.15) is 17.5 Å². The maximum atomic E-state index is 6.13. The van der Waals surface area contributed by atoms with E-state index in [1.807, 2.05) is 17.7 Å². The van der Waals surface area contributed by atoms with E-state index in [9.17, 15) is 0 Å². The third-order valence-electron chi connectivity index (χ3n) is 3.84. The molecule has 0 saturated carbocycles. The largest absolute Gasteiger partial charge is 0.372 e. The molecule has 3 heterocycles. The Kier molecular flexibility index (Phi) is 3.99. The number of rotatable bonds is 3. The minimum Gasteiger partial charge on any atom is -0.372 e. The summed E-state index contributed by atoms with van der Waals surface area (Å²) in [6.45, 7) is 4.22. The van der Waals surface area contributed by atoms with E-state index >= 15 is 0 Å². The molecule has 0 atom stereocenters. The van der Waals surface area contributed by atoms with Gasteiger partial charge in [-0.1, -0.05) is 23.2 Å². The molecule has 0 bridgehead atoms. The van der Waals surface area contributed by atoms with Gasteiger partial charge in [0, 0.05) is 12.1 Å². The molecule has 24 heavy (non-hydrogen) atoms. The molecular weight excluding hydrogens is 351 g/mol. The van der Waals surface area contributed by atoms with Crippen LogP contribution in [0.15, 0.2) is 18.2 Å². The molecule has 0 spiro atoms. The zero-order valence-electron chi connectivity index (χ0n) is 12.9. The van der Waals surface area contributed by atoms with Gasteiger partial charge in [0.25, 0.3) is 0 Å². The third-order valence-corrected chi connectivity index (χ3v) is 4.58. The van der Waals surface area contributed by atoms with Crippen molar-refractivity contribution in [3.05, 3.63) is 45.7 Å². The van der Waals surface area contributed by atoms with E-state index < -0.39 is 0 Å². The lowest BCUT2D eigenvalue weighted by Gasteiger charge is -2.15. The van der Waals surface area contributed by atoms with Crippen LogP contribution in [0.4, 0.5) is 0 Å². The topological polar surface area (TPSA) is 70.7 Å². The number of aromatic nitrogens is 6. The van der Waals surface area contributed by atoms with Crippen molar-refractivity contribution in [1.29, 1.82) is 0 Å². The van der Waals surface area contributed by atoms with Crippen molar-refractivity contribution in [3.8, 4) is 11.4 Å². The molecule has 0 N–H and O–H groups in total. The highest BCUT2D eigenvalue weighted by atomic mass is 35.5. The molecule has 124 valence electrons. The molecule has 0 fully saturated rings. The summed E-state index contributed by atoms with van der Waals surface area (Å²) in [6.07, 6.45) is 0. The van der Waals surface area contributed by atoms with Gasteiger partial charge in [-0.05, 0) is 25.1 Å². The Labute approximate surface area is 148 Å². The summed E-state index contributed by atoms with van der Waals surface area (Å²) in [4.78, 5) is 4.51. The highest BCUT2D eigenvalue weighted by Crippen LogP contribution is 2.28. The Balaban J connectivity index is 1.71. The Morgan fingerprint density at radius 3 is 2.92 bits per heavy atom.